The summed E-state index contributed by atoms with van der Waals surface area (Å²) < 4.78 is 0. The van der Waals surface area contributed by atoms with Gasteiger partial charge in [0.15, 0.2) is 0 Å². The maximum Gasteiger partial charge on any atom is 0.312 e. The highest BCUT2D eigenvalue weighted by Crippen LogP contribution is 2.23. The number of carbonyl (C=O) groups excluding carboxylic acids is 1. The zero-order valence-corrected chi connectivity index (χ0v) is 10.4. The van der Waals surface area contributed by atoms with Crippen LogP contribution in [0.5, 0.6) is 0 Å². The topological polar surface area (TPSA) is 55.1 Å². The monoisotopic (exact) mass is 260 g/mol. The van der Waals surface area contributed by atoms with Crippen LogP contribution < -0.4 is 11.1 Å². The van der Waals surface area contributed by atoms with Crippen LogP contribution in [0.25, 0.3) is 0 Å². The van der Waals surface area contributed by atoms with Crippen LogP contribution in [0.1, 0.15) is 17.2 Å². The Hall–Kier alpha value is -2.00. The van der Waals surface area contributed by atoms with Crippen molar-refractivity contribution in [2.24, 2.45) is 5.73 Å². The van der Waals surface area contributed by atoms with Crippen molar-refractivity contribution >= 4 is 17.6 Å². The van der Waals surface area contributed by atoms with Crippen LogP contribution in [0.3, 0.4) is 0 Å². The second-order valence-corrected chi connectivity index (χ2v) is 4.34. The molecule has 0 fully saturated rings. The van der Waals surface area contributed by atoms with E-state index < -0.39 is 6.03 Å². The maximum atomic E-state index is 11.1. The van der Waals surface area contributed by atoms with Gasteiger partial charge in [0, 0.05) is 5.02 Å². The second kappa shape index (κ2) is 5.56. The van der Waals surface area contributed by atoms with Crippen molar-refractivity contribution in [3.05, 3.63) is 70.7 Å². The smallest absolute Gasteiger partial charge is 0.312 e. The number of halogens is 1. The molecule has 2 amide bonds. The van der Waals surface area contributed by atoms with E-state index in [0.29, 0.717) is 5.02 Å². The predicted octanol–water partition coefficient (Wildman–Crippen LogP) is 3.10. The summed E-state index contributed by atoms with van der Waals surface area (Å²) in [6, 6.07) is 16.1. The maximum absolute atomic E-state index is 11.1. The van der Waals surface area contributed by atoms with Gasteiger partial charge in [-0.05, 0) is 23.3 Å². The summed E-state index contributed by atoms with van der Waals surface area (Å²) in [7, 11) is 0. The highest BCUT2D eigenvalue weighted by Gasteiger charge is 2.14. The molecule has 0 radical (unpaired) electrons. The molecule has 18 heavy (non-hydrogen) atoms. The minimum atomic E-state index is -0.557. The minimum absolute atomic E-state index is 0.263. The predicted molar refractivity (Wildman–Crippen MR) is 72.5 cm³/mol. The summed E-state index contributed by atoms with van der Waals surface area (Å²) in [5, 5.41) is 3.38. The fourth-order valence-electron chi connectivity index (χ4n) is 1.80. The van der Waals surface area contributed by atoms with Gasteiger partial charge in [0.1, 0.15) is 0 Å². The van der Waals surface area contributed by atoms with Gasteiger partial charge in [0.25, 0.3) is 0 Å². The van der Waals surface area contributed by atoms with Gasteiger partial charge in [-0.15, -0.1) is 0 Å². The number of urea groups is 1. The summed E-state index contributed by atoms with van der Waals surface area (Å²) >= 11 is 5.86. The van der Waals surface area contributed by atoms with Gasteiger partial charge in [-0.25, -0.2) is 4.79 Å². The summed E-state index contributed by atoms with van der Waals surface area (Å²) in [6.07, 6.45) is 0. The summed E-state index contributed by atoms with van der Waals surface area (Å²) in [5.41, 5.74) is 7.13. The molecule has 2 aromatic carbocycles. The molecule has 0 aromatic heterocycles. The number of nitrogens with two attached hydrogens (primary N) is 1. The molecule has 0 aliphatic heterocycles. The fourth-order valence-corrected chi connectivity index (χ4v) is 1.93. The SMILES string of the molecule is NC(=O)N[C@@H](c1ccccc1)c1ccc(Cl)cc1. The summed E-state index contributed by atoms with van der Waals surface area (Å²) in [5.74, 6) is 0. The lowest BCUT2D eigenvalue weighted by Gasteiger charge is -2.18. The summed E-state index contributed by atoms with van der Waals surface area (Å²) in [6.45, 7) is 0. The average molecular weight is 261 g/mol. The molecule has 1 atom stereocenters. The van der Waals surface area contributed by atoms with E-state index in [4.69, 9.17) is 17.3 Å². The number of hydrogen-bond donors (Lipinski definition) is 2. The van der Waals surface area contributed by atoms with Crippen LogP contribution in [-0.4, -0.2) is 6.03 Å². The zero-order valence-electron chi connectivity index (χ0n) is 9.64. The molecule has 0 saturated heterocycles. The number of primary amides is 1. The van der Waals surface area contributed by atoms with Crippen molar-refractivity contribution in [3.63, 3.8) is 0 Å². The third kappa shape index (κ3) is 3.02. The van der Waals surface area contributed by atoms with Crippen LogP contribution in [0.15, 0.2) is 54.6 Å². The van der Waals surface area contributed by atoms with Crippen molar-refractivity contribution in [2.75, 3.05) is 0 Å². The molecular formula is C14H13ClN2O. The number of rotatable bonds is 3. The van der Waals surface area contributed by atoms with Crippen molar-refractivity contribution in [2.45, 2.75) is 6.04 Å². The molecule has 3 N–H and O–H groups in total. The molecule has 0 saturated carbocycles. The molecule has 4 heteroatoms. The standard InChI is InChI=1S/C14H13ClN2O/c15-12-8-6-11(7-9-12)13(17-14(16)18)10-4-2-1-3-5-10/h1-9,13H,(H3,16,17,18)/t13-/m0/s1. The molecule has 0 aliphatic rings. The lowest BCUT2D eigenvalue weighted by molar-refractivity contribution is 0.247. The first-order valence-corrected chi connectivity index (χ1v) is 5.91. The highest BCUT2D eigenvalue weighted by molar-refractivity contribution is 6.30. The van der Waals surface area contributed by atoms with Gasteiger partial charge < -0.3 is 11.1 Å². The van der Waals surface area contributed by atoms with Gasteiger partial charge in [0.05, 0.1) is 6.04 Å². The second-order valence-electron chi connectivity index (χ2n) is 3.90. The first-order chi connectivity index (χ1) is 8.66. The fraction of sp³-hybridized carbons (Fsp3) is 0.0714. The Labute approximate surface area is 111 Å². The van der Waals surface area contributed by atoms with Gasteiger partial charge in [-0.2, -0.15) is 0 Å². The van der Waals surface area contributed by atoms with Crippen LogP contribution in [0.4, 0.5) is 4.79 Å². The Bertz CT molecular complexity index is 525. The van der Waals surface area contributed by atoms with E-state index in [9.17, 15) is 4.79 Å². The highest BCUT2D eigenvalue weighted by atomic mass is 35.5. The molecule has 0 unspecified atom stereocenters. The number of hydrogen-bond acceptors (Lipinski definition) is 1. The Balaban J connectivity index is 2.36. The van der Waals surface area contributed by atoms with E-state index >= 15 is 0 Å². The van der Waals surface area contributed by atoms with E-state index in [0.717, 1.165) is 11.1 Å². The normalized spacial score (nSPS) is 11.8. The molecule has 2 rings (SSSR count). The molecule has 92 valence electrons. The van der Waals surface area contributed by atoms with E-state index in [1.54, 1.807) is 12.1 Å². The molecule has 0 heterocycles. The van der Waals surface area contributed by atoms with E-state index in [1.807, 2.05) is 42.5 Å². The van der Waals surface area contributed by atoms with Crippen LogP contribution in [0, 0.1) is 0 Å². The minimum Gasteiger partial charge on any atom is -0.352 e. The third-order valence-corrected chi connectivity index (χ3v) is 2.87. The Morgan fingerprint density at radius 2 is 1.56 bits per heavy atom. The van der Waals surface area contributed by atoms with Crippen LogP contribution >= 0.6 is 11.6 Å². The van der Waals surface area contributed by atoms with Gasteiger partial charge in [-0.3, -0.25) is 0 Å². The number of benzene rings is 2. The Morgan fingerprint density at radius 1 is 1.00 bits per heavy atom. The number of nitrogens with one attached hydrogen (secondary N) is 1. The third-order valence-electron chi connectivity index (χ3n) is 2.62. The molecular weight excluding hydrogens is 248 g/mol. The molecule has 0 spiro atoms. The van der Waals surface area contributed by atoms with Crippen LogP contribution in [0.2, 0.25) is 5.02 Å². The quantitative estimate of drug-likeness (QED) is 0.875. The largest absolute Gasteiger partial charge is 0.352 e. The summed E-state index contributed by atoms with van der Waals surface area (Å²) in [4.78, 5) is 11.1. The number of carbonyl (C=O) groups is 1. The van der Waals surface area contributed by atoms with Gasteiger partial charge in [0.2, 0.25) is 0 Å². The molecule has 0 aliphatic carbocycles. The van der Waals surface area contributed by atoms with Crippen molar-refractivity contribution in [1.29, 1.82) is 0 Å². The first kappa shape index (κ1) is 12.5. The lowest BCUT2D eigenvalue weighted by atomic mass is 9.99. The van der Waals surface area contributed by atoms with E-state index in [1.165, 1.54) is 0 Å². The zero-order chi connectivity index (χ0) is 13.0. The van der Waals surface area contributed by atoms with Crippen molar-refractivity contribution in [1.82, 2.24) is 5.32 Å². The van der Waals surface area contributed by atoms with Crippen molar-refractivity contribution < 1.29 is 4.79 Å². The van der Waals surface area contributed by atoms with E-state index in [2.05, 4.69) is 5.32 Å². The molecule has 0 bridgehead atoms. The van der Waals surface area contributed by atoms with Gasteiger partial charge in [-0.1, -0.05) is 54.1 Å². The lowest BCUT2D eigenvalue weighted by Crippen LogP contribution is -2.33. The van der Waals surface area contributed by atoms with E-state index in [-0.39, 0.29) is 6.04 Å². The molecule has 3 nitrogen and oxygen atoms in total. The van der Waals surface area contributed by atoms with Crippen molar-refractivity contribution in [3.8, 4) is 0 Å². The molecule has 2 aromatic rings. The average Bonchev–Trinajstić information content (AvgIpc) is 2.38. The number of amides is 2. The van der Waals surface area contributed by atoms with Crippen LogP contribution in [-0.2, 0) is 0 Å². The Kier molecular flexibility index (Phi) is 3.85. The Morgan fingerprint density at radius 3 is 2.11 bits per heavy atom. The van der Waals surface area contributed by atoms with Gasteiger partial charge >= 0.3 is 6.03 Å². The first-order valence-electron chi connectivity index (χ1n) is 5.53.